The average molecular weight is 344 g/mol. The van der Waals surface area contributed by atoms with E-state index in [2.05, 4.69) is 10.3 Å². The first kappa shape index (κ1) is 16.5. The fourth-order valence-corrected chi connectivity index (χ4v) is 3.02. The Morgan fingerprint density at radius 3 is 2.96 bits per heavy atom. The van der Waals surface area contributed by atoms with Crippen molar-refractivity contribution in [2.24, 2.45) is 0 Å². The lowest BCUT2D eigenvalue weighted by Crippen LogP contribution is -2.37. The molecular formula is C18H18ClN3O2. The minimum atomic E-state index is -0.197. The molecule has 0 saturated carbocycles. The van der Waals surface area contributed by atoms with Crippen LogP contribution in [-0.2, 0) is 11.2 Å². The van der Waals surface area contributed by atoms with E-state index in [9.17, 15) is 9.59 Å². The number of carbonyl (C=O) groups is 2. The van der Waals surface area contributed by atoms with Crippen molar-refractivity contribution in [2.75, 3.05) is 13.1 Å². The topological polar surface area (TPSA) is 62.3 Å². The van der Waals surface area contributed by atoms with E-state index in [4.69, 9.17) is 11.6 Å². The Balaban J connectivity index is 1.53. The van der Waals surface area contributed by atoms with Crippen molar-refractivity contribution in [3.63, 3.8) is 0 Å². The van der Waals surface area contributed by atoms with Gasteiger partial charge in [0.25, 0.3) is 5.91 Å². The summed E-state index contributed by atoms with van der Waals surface area (Å²) in [4.78, 5) is 30.0. The zero-order valence-electron chi connectivity index (χ0n) is 13.1. The van der Waals surface area contributed by atoms with Gasteiger partial charge in [0.05, 0.1) is 11.6 Å². The third-order valence-corrected chi connectivity index (χ3v) is 4.27. The van der Waals surface area contributed by atoms with E-state index in [1.54, 1.807) is 23.2 Å². The molecule has 1 N–H and O–H groups in total. The van der Waals surface area contributed by atoms with E-state index in [-0.39, 0.29) is 17.9 Å². The molecule has 0 bridgehead atoms. The minimum absolute atomic E-state index is 0.0634. The van der Waals surface area contributed by atoms with Crippen LogP contribution in [0.3, 0.4) is 0 Å². The number of benzene rings is 1. The largest absolute Gasteiger partial charge is 0.347 e. The standard InChI is InChI=1S/C18H18ClN3O2/c19-15-5-1-3-13(9-15)6-8-22-12-16(10-17(22)23)21-18(24)14-4-2-7-20-11-14/h1-5,7,9,11,16H,6,8,10,12H2,(H,21,24). The summed E-state index contributed by atoms with van der Waals surface area (Å²) >= 11 is 5.97. The van der Waals surface area contributed by atoms with E-state index in [1.807, 2.05) is 24.3 Å². The van der Waals surface area contributed by atoms with Gasteiger partial charge in [0.1, 0.15) is 0 Å². The van der Waals surface area contributed by atoms with Crippen LogP contribution in [0, 0.1) is 0 Å². The molecule has 1 aromatic heterocycles. The number of amides is 2. The molecule has 2 heterocycles. The number of hydrogen-bond donors (Lipinski definition) is 1. The van der Waals surface area contributed by atoms with Crippen molar-refractivity contribution >= 4 is 23.4 Å². The molecule has 1 fully saturated rings. The Morgan fingerprint density at radius 2 is 2.21 bits per heavy atom. The minimum Gasteiger partial charge on any atom is -0.347 e. The van der Waals surface area contributed by atoms with Gasteiger partial charge in [0, 0.05) is 36.9 Å². The number of nitrogens with one attached hydrogen (secondary N) is 1. The van der Waals surface area contributed by atoms with Crippen LogP contribution in [0.1, 0.15) is 22.3 Å². The molecule has 124 valence electrons. The molecule has 6 heteroatoms. The van der Waals surface area contributed by atoms with Gasteiger partial charge in [-0.05, 0) is 36.2 Å². The maximum atomic E-state index is 12.1. The smallest absolute Gasteiger partial charge is 0.253 e. The first-order valence-electron chi connectivity index (χ1n) is 7.85. The number of aromatic nitrogens is 1. The molecule has 2 amide bonds. The molecule has 0 radical (unpaired) electrons. The molecule has 5 nitrogen and oxygen atoms in total. The van der Waals surface area contributed by atoms with Gasteiger partial charge in [-0.15, -0.1) is 0 Å². The Hall–Kier alpha value is -2.40. The van der Waals surface area contributed by atoms with Crippen molar-refractivity contribution in [1.29, 1.82) is 0 Å². The van der Waals surface area contributed by atoms with E-state index >= 15 is 0 Å². The second-order valence-corrected chi connectivity index (χ2v) is 6.27. The second kappa shape index (κ2) is 7.45. The predicted molar refractivity (Wildman–Crippen MR) is 91.8 cm³/mol. The first-order valence-corrected chi connectivity index (χ1v) is 8.23. The van der Waals surface area contributed by atoms with E-state index in [1.165, 1.54) is 6.20 Å². The zero-order chi connectivity index (χ0) is 16.9. The lowest BCUT2D eigenvalue weighted by atomic mass is 10.1. The Morgan fingerprint density at radius 1 is 1.33 bits per heavy atom. The summed E-state index contributed by atoms with van der Waals surface area (Å²) < 4.78 is 0. The number of nitrogens with zero attached hydrogens (tertiary/aromatic N) is 2. The van der Waals surface area contributed by atoms with Crippen molar-refractivity contribution in [3.8, 4) is 0 Å². The SMILES string of the molecule is O=C(NC1CC(=O)N(CCc2cccc(Cl)c2)C1)c1cccnc1. The summed E-state index contributed by atoms with van der Waals surface area (Å²) in [6, 6.07) is 10.9. The summed E-state index contributed by atoms with van der Waals surface area (Å²) in [6.45, 7) is 1.16. The number of carbonyl (C=O) groups excluding carboxylic acids is 2. The Kier molecular flexibility index (Phi) is 5.11. The van der Waals surface area contributed by atoms with Gasteiger partial charge in [-0.25, -0.2) is 0 Å². The van der Waals surface area contributed by atoms with Crippen LogP contribution in [0.4, 0.5) is 0 Å². The highest BCUT2D eigenvalue weighted by Gasteiger charge is 2.30. The predicted octanol–water partition coefficient (Wildman–Crippen LogP) is 2.31. The number of halogens is 1. The summed E-state index contributed by atoms with van der Waals surface area (Å²) in [5.74, 6) is -0.133. The van der Waals surface area contributed by atoms with Crippen molar-refractivity contribution < 1.29 is 9.59 Å². The summed E-state index contributed by atoms with van der Waals surface area (Å²) in [5, 5.41) is 3.60. The molecule has 1 saturated heterocycles. The summed E-state index contributed by atoms with van der Waals surface area (Å²) in [7, 11) is 0. The molecule has 1 unspecified atom stereocenters. The van der Waals surface area contributed by atoms with Crippen molar-refractivity contribution in [1.82, 2.24) is 15.2 Å². The third kappa shape index (κ3) is 4.11. The summed E-state index contributed by atoms with van der Waals surface area (Å²) in [6.07, 6.45) is 4.22. The third-order valence-electron chi connectivity index (χ3n) is 4.03. The van der Waals surface area contributed by atoms with Crippen molar-refractivity contribution in [3.05, 3.63) is 64.9 Å². The van der Waals surface area contributed by atoms with Gasteiger partial charge in [-0.2, -0.15) is 0 Å². The Bertz CT molecular complexity index is 736. The molecule has 24 heavy (non-hydrogen) atoms. The highest BCUT2D eigenvalue weighted by atomic mass is 35.5. The zero-order valence-corrected chi connectivity index (χ0v) is 13.9. The number of likely N-dealkylation sites (tertiary alicyclic amines) is 1. The van der Waals surface area contributed by atoms with Gasteiger partial charge in [-0.3, -0.25) is 14.6 Å². The normalized spacial score (nSPS) is 17.1. The van der Waals surface area contributed by atoms with Crippen molar-refractivity contribution in [2.45, 2.75) is 18.9 Å². The van der Waals surface area contributed by atoms with Crippen LogP contribution < -0.4 is 5.32 Å². The van der Waals surface area contributed by atoms with Gasteiger partial charge < -0.3 is 10.2 Å². The molecule has 1 aliphatic heterocycles. The maximum Gasteiger partial charge on any atom is 0.253 e. The Labute approximate surface area is 145 Å². The van der Waals surface area contributed by atoms with E-state index < -0.39 is 0 Å². The number of hydrogen-bond acceptors (Lipinski definition) is 3. The number of pyridine rings is 1. The molecule has 0 spiro atoms. The highest BCUT2D eigenvalue weighted by molar-refractivity contribution is 6.30. The first-order chi connectivity index (χ1) is 11.6. The molecule has 1 atom stereocenters. The van der Waals surface area contributed by atoms with E-state index in [0.29, 0.717) is 30.1 Å². The molecule has 3 rings (SSSR count). The van der Waals surface area contributed by atoms with Crippen LogP contribution >= 0.6 is 11.6 Å². The molecule has 2 aromatic rings. The molecular weight excluding hydrogens is 326 g/mol. The van der Waals surface area contributed by atoms with E-state index in [0.717, 1.165) is 12.0 Å². The summed E-state index contributed by atoms with van der Waals surface area (Å²) in [5.41, 5.74) is 1.60. The lowest BCUT2D eigenvalue weighted by molar-refractivity contribution is -0.127. The lowest BCUT2D eigenvalue weighted by Gasteiger charge is -2.17. The second-order valence-electron chi connectivity index (χ2n) is 5.84. The van der Waals surface area contributed by atoms with Crippen LogP contribution in [0.25, 0.3) is 0 Å². The quantitative estimate of drug-likeness (QED) is 0.906. The number of rotatable bonds is 5. The fraction of sp³-hybridized carbons (Fsp3) is 0.278. The van der Waals surface area contributed by atoms with Gasteiger partial charge in [0.15, 0.2) is 0 Å². The monoisotopic (exact) mass is 343 g/mol. The molecule has 0 aliphatic carbocycles. The van der Waals surface area contributed by atoms with Gasteiger partial charge >= 0.3 is 0 Å². The average Bonchev–Trinajstić information content (AvgIpc) is 2.93. The van der Waals surface area contributed by atoms with Crippen LogP contribution in [0.2, 0.25) is 5.02 Å². The molecule has 1 aliphatic rings. The maximum absolute atomic E-state index is 12.1. The highest BCUT2D eigenvalue weighted by Crippen LogP contribution is 2.15. The van der Waals surface area contributed by atoms with Gasteiger partial charge in [0.2, 0.25) is 5.91 Å². The van der Waals surface area contributed by atoms with Crippen LogP contribution in [-0.4, -0.2) is 40.8 Å². The van der Waals surface area contributed by atoms with Crippen LogP contribution in [0.5, 0.6) is 0 Å². The fourth-order valence-electron chi connectivity index (χ4n) is 2.81. The van der Waals surface area contributed by atoms with Gasteiger partial charge in [-0.1, -0.05) is 23.7 Å². The van der Waals surface area contributed by atoms with Crippen LogP contribution in [0.15, 0.2) is 48.8 Å². The molecule has 1 aromatic carbocycles.